The molecule has 0 aliphatic carbocycles. The number of pyridine rings is 1. The smallest absolute Gasteiger partial charge is 0.255 e. The number of carbonyl (C=O) groups is 1. The molecule has 3 N–H and O–H groups in total. The highest BCUT2D eigenvalue weighted by atomic mass is 32.1. The molecule has 6 heteroatoms. The molecule has 1 aromatic heterocycles. The summed E-state index contributed by atoms with van der Waals surface area (Å²) in [6, 6.07) is 10.3. The van der Waals surface area contributed by atoms with E-state index in [9.17, 15) is 4.79 Å². The van der Waals surface area contributed by atoms with E-state index in [0.29, 0.717) is 29.3 Å². The second-order valence-electron chi connectivity index (χ2n) is 4.22. The van der Waals surface area contributed by atoms with Gasteiger partial charge in [0.15, 0.2) is 0 Å². The molecule has 2 rings (SSSR count). The molecule has 2 aromatic rings. The summed E-state index contributed by atoms with van der Waals surface area (Å²) in [7, 11) is 0. The van der Waals surface area contributed by atoms with Crippen LogP contribution < -0.4 is 15.8 Å². The van der Waals surface area contributed by atoms with Crippen LogP contribution in [0.5, 0.6) is 5.88 Å². The van der Waals surface area contributed by atoms with Gasteiger partial charge in [-0.1, -0.05) is 24.4 Å². The van der Waals surface area contributed by atoms with Crippen LogP contribution in [0.2, 0.25) is 0 Å². The summed E-state index contributed by atoms with van der Waals surface area (Å²) >= 11 is 4.90. The Kier molecular flexibility index (Phi) is 4.84. The van der Waals surface area contributed by atoms with E-state index in [1.807, 2.05) is 6.92 Å². The van der Waals surface area contributed by atoms with Gasteiger partial charge in [0.1, 0.15) is 4.99 Å². The van der Waals surface area contributed by atoms with Crippen molar-refractivity contribution in [2.45, 2.75) is 6.92 Å². The minimum Gasteiger partial charge on any atom is -0.478 e. The first-order chi connectivity index (χ1) is 10.1. The molecule has 108 valence electrons. The minimum atomic E-state index is -0.251. The average Bonchev–Trinajstić information content (AvgIpc) is 2.49. The highest BCUT2D eigenvalue weighted by Gasteiger charge is 2.08. The van der Waals surface area contributed by atoms with Gasteiger partial charge in [0.25, 0.3) is 5.91 Å². The summed E-state index contributed by atoms with van der Waals surface area (Å²) in [4.78, 5) is 16.5. The van der Waals surface area contributed by atoms with Crippen molar-refractivity contribution in [1.29, 1.82) is 0 Å². The Labute approximate surface area is 128 Å². The number of ether oxygens (including phenoxy) is 1. The molecule has 0 atom stereocenters. The maximum Gasteiger partial charge on any atom is 0.255 e. The Morgan fingerprint density at radius 1 is 1.33 bits per heavy atom. The molecular weight excluding hydrogens is 286 g/mol. The molecule has 0 aliphatic heterocycles. The Hall–Kier alpha value is -2.47. The van der Waals surface area contributed by atoms with E-state index in [0.717, 1.165) is 0 Å². The first-order valence-corrected chi connectivity index (χ1v) is 6.81. The third kappa shape index (κ3) is 4.00. The molecule has 0 spiro atoms. The summed E-state index contributed by atoms with van der Waals surface area (Å²) in [6.07, 6.45) is 1.54. The third-order valence-corrected chi connectivity index (χ3v) is 2.93. The average molecular weight is 301 g/mol. The highest BCUT2D eigenvalue weighted by molar-refractivity contribution is 7.80. The van der Waals surface area contributed by atoms with Crippen molar-refractivity contribution in [3.05, 3.63) is 53.7 Å². The number of nitrogens with one attached hydrogen (secondary N) is 1. The van der Waals surface area contributed by atoms with Gasteiger partial charge in [0, 0.05) is 17.2 Å². The lowest BCUT2D eigenvalue weighted by Gasteiger charge is -2.07. The standard InChI is InChI=1S/C15H15N3O2S/c1-2-20-13-7-6-12(9-17-13)18-15(19)11-5-3-4-10(8-11)14(16)21/h3-9H,2H2,1H3,(H2,16,21)(H,18,19). The summed E-state index contributed by atoms with van der Waals surface area (Å²) in [5.74, 6) is 0.269. The molecule has 1 aromatic carbocycles. The van der Waals surface area contributed by atoms with Crippen LogP contribution in [0.1, 0.15) is 22.8 Å². The largest absolute Gasteiger partial charge is 0.478 e. The number of hydrogen-bond donors (Lipinski definition) is 2. The lowest BCUT2D eigenvalue weighted by molar-refractivity contribution is 0.102. The fourth-order valence-electron chi connectivity index (χ4n) is 1.70. The van der Waals surface area contributed by atoms with E-state index >= 15 is 0 Å². The molecule has 0 saturated heterocycles. The van der Waals surface area contributed by atoms with Crippen molar-refractivity contribution < 1.29 is 9.53 Å². The molecule has 0 aliphatic rings. The van der Waals surface area contributed by atoms with E-state index in [2.05, 4.69) is 10.3 Å². The van der Waals surface area contributed by atoms with Gasteiger partial charge >= 0.3 is 0 Å². The number of hydrogen-bond acceptors (Lipinski definition) is 4. The molecule has 0 radical (unpaired) electrons. The van der Waals surface area contributed by atoms with E-state index < -0.39 is 0 Å². The fourth-order valence-corrected chi connectivity index (χ4v) is 1.83. The van der Waals surface area contributed by atoms with Crippen LogP contribution in [-0.2, 0) is 0 Å². The first kappa shape index (κ1) is 14.9. The highest BCUT2D eigenvalue weighted by Crippen LogP contribution is 2.13. The van der Waals surface area contributed by atoms with Gasteiger partial charge in [-0.15, -0.1) is 0 Å². The zero-order valence-corrected chi connectivity index (χ0v) is 12.3. The van der Waals surface area contributed by atoms with E-state index in [-0.39, 0.29) is 10.9 Å². The summed E-state index contributed by atoms with van der Waals surface area (Å²) in [5, 5.41) is 2.75. The molecule has 0 unspecified atom stereocenters. The van der Waals surface area contributed by atoms with Crippen LogP contribution in [0, 0.1) is 0 Å². The Bertz CT molecular complexity index is 656. The van der Waals surface area contributed by atoms with Crippen LogP contribution in [0.15, 0.2) is 42.6 Å². The maximum atomic E-state index is 12.1. The second-order valence-corrected chi connectivity index (χ2v) is 4.66. The topological polar surface area (TPSA) is 77.2 Å². The molecule has 1 heterocycles. The number of benzene rings is 1. The summed E-state index contributed by atoms with van der Waals surface area (Å²) in [6.45, 7) is 2.43. The molecule has 0 bridgehead atoms. The number of nitrogens with two attached hydrogens (primary N) is 1. The van der Waals surface area contributed by atoms with Crippen molar-refractivity contribution >= 4 is 28.8 Å². The van der Waals surface area contributed by atoms with Gasteiger partial charge in [0.05, 0.1) is 18.5 Å². The zero-order chi connectivity index (χ0) is 15.2. The molecule has 5 nitrogen and oxygen atoms in total. The number of rotatable bonds is 5. The van der Waals surface area contributed by atoms with Crippen LogP contribution in [0.3, 0.4) is 0 Å². The SMILES string of the molecule is CCOc1ccc(NC(=O)c2cccc(C(N)=S)c2)cn1. The molecular formula is C15H15N3O2S. The number of amides is 1. The fraction of sp³-hybridized carbons (Fsp3) is 0.133. The number of carbonyl (C=O) groups excluding carboxylic acids is 1. The second kappa shape index (κ2) is 6.81. The zero-order valence-electron chi connectivity index (χ0n) is 11.5. The number of thiocarbonyl (C=S) groups is 1. The van der Waals surface area contributed by atoms with Gasteiger partial charge in [-0.25, -0.2) is 4.98 Å². The number of aromatic nitrogens is 1. The van der Waals surface area contributed by atoms with Crippen LogP contribution in [-0.4, -0.2) is 22.5 Å². The molecule has 21 heavy (non-hydrogen) atoms. The van der Waals surface area contributed by atoms with Crippen molar-refractivity contribution in [3.63, 3.8) is 0 Å². The Morgan fingerprint density at radius 2 is 2.10 bits per heavy atom. The molecule has 1 amide bonds. The Morgan fingerprint density at radius 3 is 2.71 bits per heavy atom. The number of nitrogens with zero attached hydrogens (tertiary/aromatic N) is 1. The van der Waals surface area contributed by atoms with Crippen LogP contribution >= 0.6 is 12.2 Å². The summed E-state index contributed by atoms with van der Waals surface area (Å²) < 4.78 is 5.24. The van der Waals surface area contributed by atoms with Gasteiger partial charge in [0.2, 0.25) is 5.88 Å². The molecule has 0 saturated carbocycles. The van der Waals surface area contributed by atoms with Gasteiger partial charge in [-0.05, 0) is 25.1 Å². The van der Waals surface area contributed by atoms with E-state index in [1.54, 1.807) is 42.6 Å². The lowest BCUT2D eigenvalue weighted by Crippen LogP contribution is -2.14. The van der Waals surface area contributed by atoms with Gasteiger partial charge in [-0.3, -0.25) is 4.79 Å². The van der Waals surface area contributed by atoms with Gasteiger partial charge in [-0.2, -0.15) is 0 Å². The molecule has 0 fully saturated rings. The monoisotopic (exact) mass is 301 g/mol. The van der Waals surface area contributed by atoms with Crippen molar-refractivity contribution in [2.24, 2.45) is 5.73 Å². The third-order valence-electron chi connectivity index (χ3n) is 2.70. The quantitative estimate of drug-likeness (QED) is 0.829. The van der Waals surface area contributed by atoms with Crippen molar-refractivity contribution in [2.75, 3.05) is 11.9 Å². The lowest BCUT2D eigenvalue weighted by atomic mass is 10.1. The maximum absolute atomic E-state index is 12.1. The number of anilines is 1. The summed E-state index contributed by atoms with van der Waals surface area (Å²) in [5.41, 5.74) is 7.28. The first-order valence-electron chi connectivity index (χ1n) is 6.40. The van der Waals surface area contributed by atoms with E-state index in [1.165, 1.54) is 0 Å². The minimum absolute atomic E-state index is 0.251. The normalized spacial score (nSPS) is 9.95. The van der Waals surface area contributed by atoms with Crippen molar-refractivity contribution in [1.82, 2.24) is 4.98 Å². The Balaban J connectivity index is 2.10. The van der Waals surface area contributed by atoms with Gasteiger partial charge < -0.3 is 15.8 Å². The van der Waals surface area contributed by atoms with Crippen molar-refractivity contribution in [3.8, 4) is 5.88 Å². The van der Waals surface area contributed by atoms with Crippen LogP contribution in [0.4, 0.5) is 5.69 Å². The predicted octanol–water partition coefficient (Wildman–Crippen LogP) is 2.37. The predicted molar refractivity (Wildman–Crippen MR) is 85.7 cm³/mol. The van der Waals surface area contributed by atoms with E-state index in [4.69, 9.17) is 22.7 Å². The van der Waals surface area contributed by atoms with Crippen LogP contribution in [0.25, 0.3) is 0 Å².